The molecule has 0 spiro atoms. The number of fused-ring (bicyclic) bond motifs is 1. The van der Waals surface area contributed by atoms with E-state index < -0.39 is 18.0 Å². The third-order valence-electron chi connectivity index (χ3n) is 4.54. The first-order chi connectivity index (χ1) is 13.5. The number of anilines is 1. The average molecular weight is 403 g/mol. The Bertz CT molecular complexity index is 983. The maximum atomic E-state index is 13.2. The number of hydrazine groups is 1. The number of nitrogens with zero attached hydrogens (tertiary/aromatic N) is 3. The van der Waals surface area contributed by atoms with Crippen molar-refractivity contribution in [2.24, 2.45) is 0 Å². The van der Waals surface area contributed by atoms with Gasteiger partial charge in [-0.15, -0.1) is 0 Å². The van der Waals surface area contributed by atoms with Gasteiger partial charge in [0.25, 0.3) is 5.91 Å². The van der Waals surface area contributed by atoms with Gasteiger partial charge in [0, 0.05) is 17.4 Å². The molecule has 2 heterocycles. The van der Waals surface area contributed by atoms with E-state index in [0.29, 0.717) is 17.0 Å². The van der Waals surface area contributed by atoms with Crippen LogP contribution in [-0.4, -0.2) is 35.1 Å². The summed E-state index contributed by atoms with van der Waals surface area (Å²) in [5.41, 5.74) is 4.02. The number of benzene rings is 2. The van der Waals surface area contributed by atoms with Crippen molar-refractivity contribution >= 4 is 29.2 Å². The Morgan fingerprint density at radius 3 is 2.71 bits per heavy atom. The maximum Gasteiger partial charge on any atom is 0.340 e. The van der Waals surface area contributed by atoms with Gasteiger partial charge in [0.15, 0.2) is 6.17 Å². The SMILES string of the molecule is COc1ccccc1N1C=CN2C(=O)N(Cc3ccc(F)cc3Cl)NC2C1=O. The Morgan fingerprint density at radius 1 is 1.18 bits per heavy atom. The fourth-order valence-corrected chi connectivity index (χ4v) is 3.37. The number of methoxy groups -OCH3 is 1. The Hall–Kier alpha value is -3.10. The summed E-state index contributed by atoms with van der Waals surface area (Å²) in [5, 5.41) is 1.48. The molecule has 0 aromatic heterocycles. The highest BCUT2D eigenvalue weighted by Crippen LogP contribution is 2.32. The molecule has 9 heteroatoms. The van der Waals surface area contributed by atoms with Crippen LogP contribution in [0.3, 0.4) is 0 Å². The molecule has 2 aromatic rings. The van der Waals surface area contributed by atoms with E-state index in [9.17, 15) is 14.0 Å². The van der Waals surface area contributed by atoms with E-state index in [1.165, 1.54) is 52.5 Å². The van der Waals surface area contributed by atoms with E-state index in [0.717, 1.165) is 0 Å². The van der Waals surface area contributed by atoms with Gasteiger partial charge in [-0.2, -0.15) is 5.43 Å². The second-order valence-corrected chi connectivity index (χ2v) is 6.63. The molecule has 0 bridgehead atoms. The maximum absolute atomic E-state index is 13.2. The third-order valence-corrected chi connectivity index (χ3v) is 4.90. The molecule has 1 unspecified atom stereocenters. The zero-order chi connectivity index (χ0) is 19.8. The molecule has 2 aliphatic heterocycles. The number of hydrogen-bond acceptors (Lipinski definition) is 4. The van der Waals surface area contributed by atoms with Gasteiger partial charge in [-0.1, -0.05) is 29.8 Å². The van der Waals surface area contributed by atoms with Crippen molar-refractivity contribution in [1.29, 1.82) is 0 Å². The molecule has 1 fully saturated rings. The van der Waals surface area contributed by atoms with E-state index in [4.69, 9.17) is 16.3 Å². The highest BCUT2D eigenvalue weighted by molar-refractivity contribution is 6.31. The Labute approximate surface area is 165 Å². The Kier molecular flexibility index (Phi) is 4.66. The molecule has 1 N–H and O–H groups in total. The van der Waals surface area contributed by atoms with Crippen LogP contribution in [0.1, 0.15) is 5.56 Å². The molecule has 1 atom stereocenters. The van der Waals surface area contributed by atoms with Crippen molar-refractivity contribution in [2.45, 2.75) is 12.7 Å². The number of amides is 3. The minimum absolute atomic E-state index is 0.0841. The second kappa shape index (κ2) is 7.14. The summed E-state index contributed by atoms with van der Waals surface area (Å²) in [6.07, 6.45) is 2.15. The summed E-state index contributed by atoms with van der Waals surface area (Å²) >= 11 is 6.05. The molecule has 0 radical (unpaired) electrons. The Balaban J connectivity index is 1.57. The van der Waals surface area contributed by atoms with Crippen molar-refractivity contribution < 1.29 is 18.7 Å². The fourth-order valence-electron chi connectivity index (χ4n) is 3.14. The van der Waals surface area contributed by atoms with Crippen LogP contribution in [0.2, 0.25) is 5.02 Å². The first-order valence-corrected chi connectivity index (χ1v) is 8.82. The highest BCUT2D eigenvalue weighted by atomic mass is 35.5. The minimum atomic E-state index is -0.901. The van der Waals surface area contributed by atoms with Gasteiger partial charge in [0.1, 0.15) is 11.6 Å². The summed E-state index contributed by atoms with van der Waals surface area (Å²) in [6, 6.07) is 10.6. The topological polar surface area (TPSA) is 65.1 Å². The van der Waals surface area contributed by atoms with Gasteiger partial charge >= 0.3 is 6.03 Å². The molecule has 144 valence electrons. The summed E-state index contributed by atoms with van der Waals surface area (Å²) < 4.78 is 18.6. The van der Waals surface area contributed by atoms with E-state index in [1.54, 1.807) is 24.3 Å². The standard InChI is InChI=1S/C19H16ClFN4O3/c1-28-16-5-3-2-4-15(16)23-8-9-24-17(18(23)26)22-25(19(24)27)11-12-6-7-13(21)10-14(12)20/h2-10,17,22H,11H2,1H3. The van der Waals surface area contributed by atoms with Gasteiger partial charge in [-0.3, -0.25) is 19.6 Å². The normalized spacial score (nSPS) is 18.7. The van der Waals surface area contributed by atoms with Crippen LogP contribution >= 0.6 is 11.6 Å². The number of rotatable bonds is 4. The number of carbonyl (C=O) groups excluding carboxylic acids is 2. The number of halogens is 2. The summed E-state index contributed by atoms with van der Waals surface area (Å²) in [7, 11) is 1.52. The predicted octanol–water partition coefficient (Wildman–Crippen LogP) is 3.07. The summed E-state index contributed by atoms with van der Waals surface area (Å²) in [6.45, 7) is 0.0841. The van der Waals surface area contributed by atoms with Crippen molar-refractivity contribution in [2.75, 3.05) is 12.0 Å². The largest absolute Gasteiger partial charge is 0.495 e. The van der Waals surface area contributed by atoms with Crippen LogP contribution < -0.4 is 15.1 Å². The molecule has 4 rings (SSSR count). The van der Waals surface area contributed by atoms with E-state index in [2.05, 4.69) is 5.43 Å². The molecule has 0 saturated carbocycles. The van der Waals surface area contributed by atoms with E-state index >= 15 is 0 Å². The summed E-state index contributed by atoms with van der Waals surface area (Å²) in [4.78, 5) is 28.4. The lowest BCUT2D eigenvalue weighted by atomic mass is 10.2. The van der Waals surface area contributed by atoms with Crippen LogP contribution in [0.5, 0.6) is 5.75 Å². The number of carbonyl (C=O) groups is 2. The number of hydrogen-bond donors (Lipinski definition) is 1. The van der Waals surface area contributed by atoms with Gasteiger partial charge in [0.05, 0.1) is 19.3 Å². The van der Waals surface area contributed by atoms with Crippen molar-refractivity contribution in [3.8, 4) is 5.75 Å². The molecular weight excluding hydrogens is 387 g/mol. The minimum Gasteiger partial charge on any atom is -0.495 e. The third kappa shape index (κ3) is 3.06. The zero-order valence-electron chi connectivity index (χ0n) is 14.8. The molecule has 1 saturated heterocycles. The van der Waals surface area contributed by atoms with Crippen LogP contribution in [0.4, 0.5) is 14.9 Å². The molecule has 3 amide bonds. The molecule has 7 nitrogen and oxygen atoms in total. The number of ether oxygens (including phenoxy) is 1. The monoisotopic (exact) mass is 402 g/mol. The smallest absolute Gasteiger partial charge is 0.340 e. The predicted molar refractivity (Wildman–Crippen MR) is 101 cm³/mol. The highest BCUT2D eigenvalue weighted by Gasteiger charge is 2.44. The van der Waals surface area contributed by atoms with Gasteiger partial charge < -0.3 is 4.74 Å². The van der Waals surface area contributed by atoms with Gasteiger partial charge in [0.2, 0.25) is 0 Å². The van der Waals surface area contributed by atoms with Crippen LogP contribution in [0.15, 0.2) is 54.9 Å². The quantitative estimate of drug-likeness (QED) is 0.853. The zero-order valence-corrected chi connectivity index (χ0v) is 15.6. The molecule has 28 heavy (non-hydrogen) atoms. The number of para-hydroxylation sites is 2. The van der Waals surface area contributed by atoms with Gasteiger partial charge in [-0.05, 0) is 29.8 Å². The molecular formula is C19H16ClFN4O3. The van der Waals surface area contributed by atoms with Gasteiger partial charge in [-0.25, -0.2) is 9.18 Å². The molecule has 0 aliphatic carbocycles. The first-order valence-electron chi connectivity index (χ1n) is 8.44. The lowest BCUT2D eigenvalue weighted by Gasteiger charge is -2.30. The molecule has 2 aromatic carbocycles. The lowest BCUT2D eigenvalue weighted by Crippen LogP contribution is -2.51. The van der Waals surface area contributed by atoms with Crippen LogP contribution in [0, 0.1) is 5.82 Å². The Morgan fingerprint density at radius 2 is 1.96 bits per heavy atom. The van der Waals surface area contributed by atoms with E-state index in [-0.39, 0.29) is 17.5 Å². The van der Waals surface area contributed by atoms with E-state index in [1.807, 2.05) is 0 Å². The first kappa shape index (κ1) is 18.3. The lowest BCUT2D eigenvalue weighted by molar-refractivity contribution is -0.122. The van der Waals surface area contributed by atoms with Crippen molar-refractivity contribution in [3.05, 3.63) is 71.3 Å². The number of nitrogens with one attached hydrogen (secondary N) is 1. The van der Waals surface area contributed by atoms with Crippen LogP contribution in [-0.2, 0) is 11.3 Å². The average Bonchev–Trinajstić information content (AvgIpc) is 3.01. The summed E-state index contributed by atoms with van der Waals surface area (Å²) in [5.74, 6) is -0.265. The fraction of sp³-hybridized carbons (Fsp3) is 0.158. The van der Waals surface area contributed by atoms with Crippen LogP contribution in [0.25, 0.3) is 0 Å². The second-order valence-electron chi connectivity index (χ2n) is 6.22. The van der Waals surface area contributed by atoms with Crippen molar-refractivity contribution in [1.82, 2.24) is 15.3 Å². The number of urea groups is 1. The molecule has 2 aliphatic rings. The van der Waals surface area contributed by atoms with Crippen molar-refractivity contribution in [3.63, 3.8) is 0 Å².